The first-order valence-electron chi connectivity index (χ1n) is 8.64. The molecule has 2 aromatic rings. The molecule has 1 aromatic heterocycles. The number of nitrogens with one attached hydrogen (secondary N) is 1. The van der Waals surface area contributed by atoms with E-state index in [0.29, 0.717) is 0 Å². The van der Waals surface area contributed by atoms with Gasteiger partial charge in [-0.3, -0.25) is 4.79 Å². The summed E-state index contributed by atoms with van der Waals surface area (Å²) in [4.78, 5) is 15.5. The summed E-state index contributed by atoms with van der Waals surface area (Å²) in [6.07, 6.45) is 6.54. The number of hydrogen-bond donors (Lipinski definition) is 2. The molecule has 0 aliphatic heterocycles. The summed E-state index contributed by atoms with van der Waals surface area (Å²) in [7, 11) is -3.87. The summed E-state index contributed by atoms with van der Waals surface area (Å²) in [5, 5.41) is 8.90. The van der Waals surface area contributed by atoms with E-state index in [4.69, 9.17) is 5.11 Å². The quantitative estimate of drug-likeness (QED) is 0.670. The topological polar surface area (TPSA) is 96.4 Å². The lowest BCUT2D eigenvalue weighted by Crippen LogP contribution is -2.38. The summed E-state index contributed by atoms with van der Waals surface area (Å²) >= 11 is 3.23. The van der Waals surface area contributed by atoms with E-state index in [9.17, 15) is 13.2 Å². The van der Waals surface area contributed by atoms with Crippen molar-refractivity contribution in [2.24, 2.45) is 5.92 Å². The number of aromatic nitrogens is 1. The van der Waals surface area contributed by atoms with Gasteiger partial charge in [-0.25, -0.2) is 13.4 Å². The number of thiazole rings is 1. The Balaban J connectivity index is 1.73. The van der Waals surface area contributed by atoms with E-state index in [1.54, 1.807) is 23.9 Å². The average Bonchev–Trinajstić information content (AvgIpc) is 3.02. The van der Waals surface area contributed by atoms with Crippen LogP contribution in [0.15, 0.2) is 27.4 Å². The van der Waals surface area contributed by atoms with Crippen LogP contribution >= 0.6 is 23.1 Å². The molecule has 1 aliphatic carbocycles. The Hall–Kier alpha value is -1.16. The van der Waals surface area contributed by atoms with E-state index in [1.165, 1.54) is 56.4 Å². The molecule has 1 atom stereocenters. The van der Waals surface area contributed by atoms with Gasteiger partial charge in [-0.05, 0) is 43.9 Å². The van der Waals surface area contributed by atoms with Gasteiger partial charge in [0.2, 0.25) is 10.0 Å². The first-order chi connectivity index (χ1) is 12.3. The second-order valence-electron chi connectivity index (χ2n) is 6.61. The molecule has 1 heterocycles. The highest BCUT2D eigenvalue weighted by Crippen LogP contribution is 2.34. The maximum atomic E-state index is 12.3. The molecule has 9 heteroatoms. The number of carboxylic acid groups (broad SMARTS) is 1. The van der Waals surface area contributed by atoms with Crippen LogP contribution in [0.1, 0.15) is 39.0 Å². The molecule has 0 radical (unpaired) electrons. The fourth-order valence-corrected chi connectivity index (χ4v) is 6.62. The Morgan fingerprint density at radius 1 is 1.38 bits per heavy atom. The molecule has 1 aliphatic rings. The molecule has 1 aromatic carbocycles. The van der Waals surface area contributed by atoms with Gasteiger partial charge in [-0.2, -0.15) is 4.72 Å². The highest BCUT2D eigenvalue weighted by molar-refractivity contribution is 8.01. The monoisotopic (exact) mass is 414 g/mol. The van der Waals surface area contributed by atoms with Gasteiger partial charge in [0, 0.05) is 5.75 Å². The zero-order valence-corrected chi connectivity index (χ0v) is 16.9. The smallest absolute Gasteiger partial charge is 0.321 e. The van der Waals surface area contributed by atoms with Crippen LogP contribution in [0.3, 0.4) is 0 Å². The van der Waals surface area contributed by atoms with Crippen molar-refractivity contribution in [1.82, 2.24) is 9.71 Å². The van der Waals surface area contributed by atoms with Crippen LogP contribution in [0.5, 0.6) is 0 Å². The van der Waals surface area contributed by atoms with Gasteiger partial charge >= 0.3 is 5.97 Å². The van der Waals surface area contributed by atoms with Crippen LogP contribution in [0.2, 0.25) is 0 Å². The fourth-order valence-electron chi connectivity index (χ4n) is 3.01. The number of hydrogen-bond acceptors (Lipinski definition) is 6. The molecule has 0 saturated heterocycles. The normalized spacial score (nSPS) is 17.4. The molecule has 26 heavy (non-hydrogen) atoms. The second kappa shape index (κ2) is 8.24. The maximum absolute atomic E-state index is 12.3. The van der Waals surface area contributed by atoms with Gasteiger partial charge in [-0.1, -0.05) is 31.0 Å². The van der Waals surface area contributed by atoms with Crippen molar-refractivity contribution in [3.05, 3.63) is 18.2 Å². The third-order valence-corrected chi connectivity index (χ3v) is 8.45. The molecule has 6 nitrogen and oxygen atoms in total. The molecule has 1 saturated carbocycles. The minimum atomic E-state index is -3.87. The third kappa shape index (κ3) is 4.76. The summed E-state index contributed by atoms with van der Waals surface area (Å²) < 4.78 is 28.6. The Morgan fingerprint density at radius 2 is 2.12 bits per heavy atom. The van der Waals surface area contributed by atoms with Crippen LogP contribution in [0, 0.1) is 5.92 Å². The molecule has 142 valence electrons. The van der Waals surface area contributed by atoms with Gasteiger partial charge < -0.3 is 5.11 Å². The molecule has 3 rings (SSSR count). The number of sulfonamides is 1. The number of carboxylic acids is 1. The zero-order chi connectivity index (χ0) is 18.7. The highest BCUT2D eigenvalue weighted by Gasteiger charge is 2.22. The maximum Gasteiger partial charge on any atom is 0.321 e. The minimum absolute atomic E-state index is 0.0607. The van der Waals surface area contributed by atoms with Crippen molar-refractivity contribution < 1.29 is 18.3 Å². The minimum Gasteiger partial charge on any atom is -0.480 e. The van der Waals surface area contributed by atoms with Crippen molar-refractivity contribution in [2.75, 3.05) is 5.75 Å². The molecule has 2 N–H and O–H groups in total. The van der Waals surface area contributed by atoms with Crippen molar-refractivity contribution in [3.8, 4) is 0 Å². The Bertz CT molecular complexity index is 889. The number of nitrogens with zero attached hydrogens (tertiary/aromatic N) is 1. The molecule has 0 amide bonds. The number of thioether (sulfide) groups is 1. The Kier molecular flexibility index (Phi) is 6.21. The molecule has 0 bridgehead atoms. The fraction of sp³-hybridized carbons (Fsp3) is 0.529. The lowest BCUT2D eigenvalue weighted by atomic mass is 9.91. The standard InChI is InChI=1S/C17H22N2O4S3/c1-11(16(20)21)19-26(22,23)13-7-8-14-15(9-13)25-17(18-14)24-10-12-5-3-2-4-6-12/h7-9,11-12,19H,2-6,10H2,1H3,(H,20,21)/t11-/m1/s1. The number of carbonyl (C=O) groups is 1. The largest absolute Gasteiger partial charge is 0.480 e. The van der Waals surface area contributed by atoms with Gasteiger partial charge in [-0.15, -0.1) is 11.3 Å². The van der Waals surface area contributed by atoms with Gasteiger partial charge in [0.1, 0.15) is 6.04 Å². The molecule has 1 fully saturated rings. The second-order valence-corrected chi connectivity index (χ2v) is 10.6. The molecular formula is C17H22N2O4S3. The number of benzene rings is 1. The molecule has 0 unspecified atom stereocenters. The van der Waals surface area contributed by atoms with Crippen LogP contribution in [-0.2, 0) is 14.8 Å². The Morgan fingerprint density at radius 3 is 2.81 bits per heavy atom. The van der Waals surface area contributed by atoms with Gasteiger partial charge in [0.05, 0.1) is 15.1 Å². The summed E-state index contributed by atoms with van der Waals surface area (Å²) in [6.45, 7) is 1.30. The van der Waals surface area contributed by atoms with E-state index in [1.807, 2.05) is 0 Å². The molecular weight excluding hydrogens is 392 g/mol. The summed E-state index contributed by atoms with van der Waals surface area (Å²) in [6, 6.07) is 3.53. The van der Waals surface area contributed by atoms with Crippen molar-refractivity contribution in [3.63, 3.8) is 0 Å². The predicted molar refractivity (Wildman–Crippen MR) is 104 cm³/mol. The lowest BCUT2D eigenvalue weighted by molar-refractivity contribution is -0.138. The van der Waals surface area contributed by atoms with Crippen molar-refractivity contribution >= 4 is 49.3 Å². The Labute approximate surface area is 161 Å². The third-order valence-electron chi connectivity index (χ3n) is 4.52. The van der Waals surface area contributed by atoms with Crippen molar-refractivity contribution in [1.29, 1.82) is 0 Å². The van der Waals surface area contributed by atoms with Gasteiger partial charge in [0.25, 0.3) is 0 Å². The SMILES string of the molecule is C[C@@H](NS(=O)(=O)c1ccc2nc(SCC3CCCCC3)sc2c1)C(=O)O. The van der Waals surface area contributed by atoms with Crippen LogP contribution in [0.4, 0.5) is 0 Å². The van der Waals surface area contributed by atoms with Crippen molar-refractivity contribution in [2.45, 2.75) is 54.3 Å². The number of fused-ring (bicyclic) bond motifs is 1. The summed E-state index contributed by atoms with van der Waals surface area (Å²) in [5.74, 6) is 0.593. The van der Waals surface area contributed by atoms with E-state index in [0.717, 1.165) is 26.2 Å². The molecule has 0 spiro atoms. The van der Waals surface area contributed by atoms with Crippen LogP contribution in [-0.4, -0.2) is 36.3 Å². The number of rotatable bonds is 7. The van der Waals surface area contributed by atoms with E-state index in [-0.39, 0.29) is 4.90 Å². The lowest BCUT2D eigenvalue weighted by Gasteiger charge is -2.20. The van der Waals surface area contributed by atoms with Gasteiger partial charge in [0.15, 0.2) is 4.34 Å². The van der Waals surface area contributed by atoms with E-state index < -0.39 is 22.0 Å². The van der Waals surface area contributed by atoms with E-state index >= 15 is 0 Å². The first kappa shape index (κ1) is 19.6. The average molecular weight is 415 g/mol. The number of aliphatic carboxylic acids is 1. The van der Waals surface area contributed by atoms with Crippen LogP contribution < -0.4 is 4.72 Å². The zero-order valence-electron chi connectivity index (χ0n) is 14.5. The summed E-state index contributed by atoms with van der Waals surface area (Å²) in [5.41, 5.74) is 0.770. The first-order valence-corrected chi connectivity index (χ1v) is 11.9. The highest BCUT2D eigenvalue weighted by atomic mass is 32.2. The van der Waals surface area contributed by atoms with Crippen LogP contribution in [0.25, 0.3) is 10.2 Å². The predicted octanol–water partition coefficient (Wildman–Crippen LogP) is 3.72. The van der Waals surface area contributed by atoms with E-state index in [2.05, 4.69) is 9.71 Å².